The van der Waals surface area contributed by atoms with Gasteiger partial charge in [-0.25, -0.2) is 16.8 Å². The van der Waals surface area contributed by atoms with Crippen molar-refractivity contribution in [3.8, 4) is 11.5 Å². The van der Waals surface area contributed by atoms with E-state index in [4.69, 9.17) is 0 Å². The van der Waals surface area contributed by atoms with Gasteiger partial charge < -0.3 is 10.2 Å². The van der Waals surface area contributed by atoms with Gasteiger partial charge in [-0.1, -0.05) is 36.4 Å². The summed E-state index contributed by atoms with van der Waals surface area (Å²) in [7, 11) is -7.23. The molecular formula is C34H28CrN8NaO12S2+. The summed E-state index contributed by atoms with van der Waals surface area (Å²) in [6.07, 6.45) is 7.52. The molecule has 4 aromatic carbocycles. The summed E-state index contributed by atoms with van der Waals surface area (Å²) in [5, 5.41) is 49.5. The molecule has 0 unspecified atom stereocenters. The molecular weight excluding hydrogens is 852 g/mol. The summed E-state index contributed by atoms with van der Waals surface area (Å²) in [5.74, 6) is -1.63. The van der Waals surface area contributed by atoms with Gasteiger partial charge in [-0.3, -0.25) is 50.1 Å². The van der Waals surface area contributed by atoms with Gasteiger partial charge >= 0.3 is 29.6 Å². The van der Waals surface area contributed by atoms with Crippen LogP contribution in [-0.4, -0.2) is 72.4 Å². The number of fused-ring (bicyclic) bond motifs is 2. The van der Waals surface area contributed by atoms with Crippen LogP contribution in [-0.2, 0) is 47.0 Å². The summed E-state index contributed by atoms with van der Waals surface area (Å²) < 4.78 is 51.2. The molecule has 6 N–H and O–H groups in total. The minimum Gasteiger partial charge on any atom is -0.506 e. The van der Waals surface area contributed by atoms with Crippen LogP contribution >= 0.6 is 0 Å². The second kappa shape index (κ2) is 19.0. The SMILES string of the molecule is CS(=O)(=O)Nc1cccc2c1/C(=N/Nc1cc([N+](=O)[O-])ccc1O)C(=O)C=C2.CS(=O)(=O)Nc1cccc2c1/C(=N/Nc1cc([N+](=O)[O-])ccc1O)C(=O)C=C2.[Cr].[Na+]. The minimum absolute atomic E-state index is 0. The van der Waals surface area contributed by atoms with Crippen LogP contribution in [0.25, 0.3) is 12.2 Å². The molecule has 0 atom stereocenters. The van der Waals surface area contributed by atoms with E-state index in [9.17, 15) is 56.9 Å². The number of carbonyl (C=O) groups excluding carboxylic acids is 2. The van der Waals surface area contributed by atoms with Gasteiger partial charge in [-0.05, 0) is 47.5 Å². The van der Waals surface area contributed by atoms with Crippen molar-refractivity contribution in [2.24, 2.45) is 10.2 Å². The van der Waals surface area contributed by atoms with E-state index in [1.54, 1.807) is 24.3 Å². The number of phenols is 2. The molecule has 0 amide bonds. The summed E-state index contributed by atoms with van der Waals surface area (Å²) in [5.41, 5.74) is 5.83. The van der Waals surface area contributed by atoms with E-state index in [-0.39, 0.29) is 115 Å². The van der Waals surface area contributed by atoms with Crippen molar-refractivity contribution in [3.63, 3.8) is 0 Å². The number of anilines is 4. The van der Waals surface area contributed by atoms with Gasteiger partial charge in [-0.2, -0.15) is 10.2 Å². The second-order valence-electron chi connectivity index (χ2n) is 11.7. The van der Waals surface area contributed by atoms with Gasteiger partial charge in [0.05, 0.1) is 33.7 Å². The number of hydrogen-bond donors (Lipinski definition) is 6. The van der Waals surface area contributed by atoms with Crippen LogP contribution in [0.4, 0.5) is 34.1 Å². The molecule has 4 aromatic rings. The Morgan fingerprint density at radius 3 is 1.28 bits per heavy atom. The van der Waals surface area contributed by atoms with E-state index in [0.29, 0.717) is 11.1 Å². The molecule has 0 heterocycles. The number of nitro benzene ring substituents is 2. The van der Waals surface area contributed by atoms with Crippen molar-refractivity contribution in [1.29, 1.82) is 0 Å². The Balaban J connectivity index is 0.000000300. The molecule has 0 fully saturated rings. The average Bonchev–Trinajstić information content (AvgIpc) is 3.11. The molecule has 0 radical (unpaired) electrons. The Labute approximate surface area is 362 Å². The van der Waals surface area contributed by atoms with Crippen molar-refractivity contribution in [3.05, 3.63) is 127 Å². The monoisotopic (exact) mass is 879 g/mol. The van der Waals surface area contributed by atoms with E-state index >= 15 is 0 Å². The molecule has 20 nitrogen and oxygen atoms in total. The smallest absolute Gasteiger partial charge is 0.506 e. The number of nitro groups is 2. The van der Waals surface area contributed by atoms with Crippen LogP contribution < -0.4 is 49.9 Å². The van der Waals surface area contributed by atoms with Crippen LogP contribution in [0.15, 0.2) is 95.2 Å². The van der Waals surface area contributed by atoms with Crippen LogP contribution in [0.3, 0.4) is 0 Å². The van der Waals surface area contributed by atoms with Gasteiger partial charge in [0.2, 0.25) is 31.6 Å². The van der Waals surface area contributed by atoms with Gasteiger partial charge in [0.15, 0.2) is 0 Å². The van der Waals surface area contributed by atoms with Crippen molar-refractivity contribution in [2.45, 2.75) is 0 Å². The van der Waals surface area contributed by atoms with E-state index < -0.39 is 41.5 Å². The molecule has 294 valence electrons. The third-order valence-corrected chi connectivity index (χ3v) is 8.69. The topological polar surface area (TPSA) is 302 Å². The predicted octanol–water partition coefficient (Wildman–Crippen LogP) is 1.17. The zero-order valence-electron chi connectivity index (χ0n) is 30.2. The number of carbonyl (C=O) groups is 2. The molecule has 0 bridgehead atoms. The number of benzene rings is 4. The van der Waals surface area contributed by atoms with Gasteiger partial charge in [0.1, 0.15) is 34.3 Å². The van der Waals surface area contributed by atoms with E-state index in [1.165, 1.54) is 36.4 Å². The molecule has 6 rings (SSSR count). The Hall–Kier alpha value is -5.93. The number of phenolic OH excluding ortho intramolecular Hbond substituents is 2. The molecule has 0 saturated carbocycles. The normalized spacial score (nSPS) is 14.1. The number of hydrogen-bond acceptors (Lipinski definition) is 16. The number of nitrogens with one attached hydrogen (secondary N) is 4. The first-order valence-electron chi connectivity index (χ1n) is 15.6. The van der Waals surface area contributed by atoms with Crippen LogP contribution in [0.5, 0.6) is 11.5 Å². The second-order valence-corrected chi connectivity index (χ2v) is 15.2. The van der Waals surface area contributed by atoms with Gasteiger partial charge in [-0.15, -0.1) is 0 Å². The molecule has 2 aliphatic carbocycles. The standard InChI is InChI=1S/2C17H14N4O6S.Cr.Na/c2*1-28(26,27)20-12-4-2-3-10-5-7-15(23)17(16(10)12)19-18-13-9-11(21(24)25)6-8-14(13)22;;/h2*2-9,18,20,22H,1H3;;/q;;;+1/b2*19-17+;;. The number of non-ortho nitro benzene ring substituents is 2. The molecule has 0 aromatic heterocycles. The van der Waals surface area contributed by atoms with E-state index in [2.05, 4.69) is 30.5 Å². The number of nitrogens with zero attached hydrogens (tertiary/aromatic N) is 4. The third kappa shape index (κ3) is 11.6. The predicted molar refractivity (Wildman–Crippen MR) is 208 cm³/mol. The Bertz CT molecular complexity index is 2510. The molecule has 2 aliphatic rings. The van der Waals surface area contributed by atoms with E-state index in [1.807, 2.05) is 0 Å². The van der Waals surface area contributed by atoms with Crippen molar-refractivity contribution in [2.75, 3.05) is 32.8 Å². The summed E-state index contributed by atoms with van der Waals surface area (Å²) in [6, 6.07) is 16.1. The summed E-state index contributed by atoms with van der Waals surface area (Å²) in [6.45, 7) is 0. The molecule has 24 heteroatoms. The number of rotatable bonds is 10. The number of hydrazone groups is 2. The maximum Gasteiger partial charge on any atom is 1.00 e. The Kier molecular flexibility index (Phi) is 15.2. The number of aromatic hydroxyl groups is 2. The quantitative estimate of drug-likeness (QED) is 0.0564. The number of ketones is 2. The summed E-state index contributed by atoms with van der Waals surface area (Å²) >= 11 is 0. The minimum atomic E-state index is -3.62. The summed E-state index contributed by atoms with van der Waals surface area (Å²) in [4.78, 5) is 45.2. The molecule has 0 spiro atoms. The maximum absolute atomic E-state index is 12.4. The largest absolute Gasteiger partial charge is 1.00 e. The zero-order valence-corrected chi connectivity index (χ0v) is 35.1. The van der Waals surface area contributed by atoms with E-state index in [0.717, 1.165) is 48.9 Å². The fourth-order valence-corrected chi connectivity index (χ4v) is 6.30. The van der Waals surface area contributed by atoms with Crippen LogP contribution in [0.1, 0.15) is 22.3 Å². The van der Waals surface area contributed by atoms with Crippen LogP contribution in [0.2, 0.25) is 0 Å². The fourth-order valence-electron chi connectivity index (χ4n) is 5.16. The molecule has 0 aliphatic heterocycles. The molecule has 0 saturated heterocycles. The average molecular weight is 880 g/mol. The Morgan fingerprint density at radius 2 is 0.948 bits per heavy atom. The maximum atomic E-state index is 12.4. The molecule has 58 heavy (non-hydrogen) atoms. The number of allylic oxidation sites excluding steroid dienone is 2. The van der Waals surface area contributed by atoms with Gasteiger partial charge in [0.25, 0.3) is 11.4 Å². The zero-order chi connectivity index (χ0) is 40.9. The first-order valence-corrected chi connectivity index (χ1v) is 19.4. The van der Waals surface area contributed by atoms with Crippen molar-refractivity contribution in [1.82, 2.24) is 0 Å². The fraction of sp³-hybridized carbons (Fsp3) is 0.0588. The number of sulfonamides is 2. The van der Waals surface area contributed by atoms with Gasteiger partial charge in [0, 0.05) is 52.8 Å². The first-order chi connectivity index (χ1) is 26.3. The van der Waals surface area contributed by atoms with Crippen LogP contribution in [0, 0.1) is 20.2 Å². The first kappa shape index (κ1) is 46.5. The van der Waals surface area contributed by atoms with Crippen molar-refractivity contribution < 1.29 is 93.4 Å². The Morgan fingerprint density at radius 1 is 0.586 bits per heavy atom. The third-order valence-electron chi connectivity index (χ3n) is 7.51. The van der Waals surface area contributed by atoms with Crippen molar-refractivity contribution >= 4 is 89.3 Å².